The van der Waals surface area contributed by atoms with E-state index < -0.39 is 0 Å². The van der Waals surface area contributed by atoms with Crippen molar-refractivity contribution in [2.24, 2.45) is 0 Å². The summed E-state index contributed by atoms with van der Waals surface area (Å²) in [5, 5.41) is 4.49. The highest BCUT2D eigenvalue weighted by Crippen LogP contribution is 2.28. The number of nitrogens with zero attached hydrogens (tertiary/aromatic N) is 3. The van der Waals surface area contributed by atoms with Gasteiger partial charge in [0.05, 0.1) is 5.02 Å². The van der Waals surface area contributed by atoms with E-state index in [1.165, 1.54) is 0 Å². The largest absolute Gasteiger partial charge is 0.355 e. The third-order valence-corrected chi connectivity index (χ3v) is 4.38. The summed E-state index contributed by atoms with van der Waals surface area (Å²) in [6.45, 7) is 1.47. The van der Waals surface area contributed by atoms with Crippen LogP contribution < -0.4 is 0 Å². The fourth-order valence-corrected chi connectivity index (χ4v) is 2.90. The number of aromatic nitrogens is 1. The number of benzene rings is 1. The first kappa shape index (κ1) is 15.1. The number of likely N-dealkylation sites (N-methyl/N-ethyl adjacent to an activating group) is 1. The van der Waals surface area contributed by atoms with E-state index in [-0.39, 0.29) is 5.91 Å². The lowest BCUT2D eigenvalue weighted by atomic mass is 10.1. The lowest BCUT2D eigenvalue weighted by Gasteiger charge is -2.19. The minimum Gasteiger partial charge on any atom is -0.355 e. The number of carbonyl (C=O) groups excluding carboxylic acids is 1. The zero-order valence-corrected chi connectivity index (χ0v) is 13.4. The van der Waals surface area contributed by atoms with E-state index >= 15 is 0 Å². The van der Waals surface area contributed by atoms with Crippen molar-refractivity contribution in [3.05, 3.63) is 41.0 Å². The molecule has 3 rings (SSSR count). The van der Waals surface area contributed by atoms with Crippen LogP contribution in [-0.2, 0) is 0 Å². The summed E-state index contributed by atoms with van der Waals surface area (Å²) in [6.07, 6.45) is 0.980. The molecular weight excluding hydrogens is 302 g/mol. The van der Waals surface area contributed by atoms with Crippen molar-refractivity contribution in [3.8, 4) is 11.3 Å². The van der Waals surface area contributed by atoms with Gasteiger partial charge in [0.15, 0.2) is 11.5 Å². The monoisotopic (exact) mass is 319 g/mol. The normalized spacial score (nSPS) is 18.2. The Kier molecular flexibility index (Phi) is 4.18. The summed E-state index contributed by atoms with van der Waals surface area (Å²) in [5.74, 6) is 0.420. The van der Waals surface area contributed by atoms with Crippen LogP contribution in [0, 0.1) is 0 Å². The van der Waals surface area contributed by atoms with Crippen LogP contribution in [0.25, 0.3) is 11.3 Å². The molecule has 1 aliphatic rings. The molecule has 22 heavy (non-hydrogen) atoms. The van der Waals surface area contributed by atoms with Gasteiger partial charge < -0.3 is 14.3 Å². The lowest BCUT2D eigenvalue weighted by Crippen LogP contribution is -2.34. The Labute approximate surface area is 134 Å². The second-order valence-electron chi connectivity index (χ2n) is 5.71. The molecule has 1 atom stereocenters. The summed E-state index contributed by atoms with van der Waals surface area (Å²) in [5.41, 5.74) is 1.07. The first-order valence-corrected chi connectivity index (χ1v) is 7.61. The fraction of sp³-hybridized carbons (Fsp3) is 0.375. The smallest absolute Gasteiger partial charge is 0.276 e. The van der Waals surface area contributed by atoms with E-state index in [1.54, 1.807) is 12.1 Å². The van der Waals surface area contributed by atoms with Crippen LogP contribution in [0.1, 0.15) is 16.9 Å². The Morgan fingerprint density at radius 1 is 1.41 bits per heavy atom. The number of likely N-dealkylation sites (tertiary alicyclic amines) is 1. The van der Waals surface area contributed by atoms with Gasteiger partial charge in [-0.2, -0.15) is 0 Å². The van der Waals surface area contributed by atoms with E-state index in [2.05, 4.69) is 10.1 Å². The average Bonchev–Trinajstić information content (AvgIpc) is 3.17. The van der Waals surface area contributed by atoms with Gasteiger partial charge in [-0.05, 0) is 32.6 Å². The predicted molar refractivity (Wildman–Crippen MR) is 84.9 cm³/mol. The minimum atomic E-state index is -0.0913. The highest BCUT2D eigenvalue weighted by atomic mass is 35.5. The predicted octanol–water partition coefficient (Wildman–Crippen LogP) is 2.77. The molecule has 2 heterocycles. The lowest BCUT2D eigenvalue weighted by molar-refractivity contribution is 0.0773. The molecule has 6 heteroatoms. The standard InChI is InChI=1S/C16H18ClN3O2/c1-19(2)11-7-8-20(10-11)16(21)14-9-15(22-18-14)12-5-3-4-6-13(12)17/h3-6,9,11H,7-8,10H2,1-2H3. The second kappa shape index (κ2) is 6.10. The van der Waals surface area contributed by atoms with Gasteiger partial charge in [-0.15, -0.1) is 0 Å². The molecule has 116 valence electrons. The molecule has 1 aliphatic heterocycles. The van der Waals surface area contributed by atoms with Crippen molar-refractivity contribution in [1.29, 1.82) is 0 Å². The second-order valence-corrected chi connectivity index (χ2v) is 6.12. The van der Waals surface area contributed by atoms with Gasteiger partial charge in [-0.25, -0.2) is 0 Å². The van der Waals surface area contributed by atoms with Crippen LogP contribution in [0.2, 0.25) is 5.02 Å². The van der Waals surface area contributed by atoms with E-state index in [1.807, 2.05) is 37.2 Å². The molecule has 0 N–H and O–H groups in total. The number of halogens is 1. The van der Waals surface area contributed by atoms with Crippen molar-refractivity contribution in [2.75, 3.05) is 27.2 Å². The maximum absolute atomic E-state index is 12.5. The molecule has 1 fully saturated rings. The third kappa shape index (κ3) is 2.87. The number of amides is 1. The zero-order valence-electron chi connectivity index (χ0n) is 12.6. The third-order valence-electron chi connectivity index (χ3n) is 4.05. The Morgan fingerprint density at radius 3 is 2.86 bits per heavy atom. The maximum atomic E-state index is 12.5. The molecule has 5 nitrogen and oxygen atoms in total. The molecule has 0 radical (unpaired) electrons. The van der Waals surface area contributed by atoms with Gasteiger partial charge in [0.25, 0.3) is 5.91 Å². The fourth-order valence-electron chi connectivity index (χ4n) is 2.67. The van der Waals surface area contributed by atoms with Gasteiger partial charge in [-0.1, -0.05) is 28.9 Å². The van der Waals surface area contributed by atoms with Crippen LogP contribution in [-0.4, -0.2) is 54.1 Å². The topological polar surface area (TPSA) is 49.6 Å². The van der Waals surface area contributed by atoms with E-state index in [4.69, 9.17) is 16.1 Å². The van der Waals surface area contributed by atoms with Crippen LogP contribution in [0.3, 0.4) is 0 Å². The van der Waals surface area contributed by atoms with Crippen LogP contribution in [0.4, 0.5) is 0 Å². The summed E-state index contributed by atoms with van der Waals surface area (Å²) >= 11 is 6.14. The first-order chi connectivity index (χ1) is 10.6. The average molecular weight is 320 g/mol. The molecule has 0 aliphatic carbocycles. The Morgan fingerprint density at radius 2 is 2.18 bits per heavy atom. The number of carbonyl (C=O) groups is 1. The summed E-state index contributed by atoms with van der Waals surface area (Å²) < 4.78 is 5.29. The van der Waals surface area contributed by atoms with Crippen molar-refractivity contribution in [2.45, 2.75) is 12.5 Å². The van der Waals surface area contributed by atoms with Crippen molar-refractivity contribution >= 4 is 17.5 Å². The maximum Gasteiger partial charge on any atom is 0.276 e. The Balaban J connectivity index is 1.77. The number of hydrogen-bond donors (Lipinski definition) is 0. The zero-order chi connectivity index (χ0) is 15.7. The van der Waals surface area contributed by atoms with Crippen LogP contribution >= 0.6 is 11.6 Å². The summed E-state index contributed by atoms with van der Waals surface area (Å²) in [6, 6.07) is 9.40. The number of rotatable bonds is 3. The molecule has 0 spiro atoms. The van der Waals surface area contributed by atoms with Gasteiger partial charge in [-0.3, -0.25) is 4.79 Å². The van der Waals surface area contributed by atoms with Gasteiger partial charge in [0, 0.05) is 30.8 Å². The molecule has 1 amide bonds. The van der Waals surface area contributed by atoms with Crippen molar-refractivity contribution < 1.29 is 9.32 Å². The van der Waals surface area contributed by atoms with Crippen molar-refractivity contribution in [1.82, 2.24) is 15.0 Å². The molecule has 1 aromatic carbocycles. The number of hydrogen-bond acceptors (Lipinski definition) is 4. The molecule has 0 saturated carbocycles. The van der Waals surface area contributed by atoms with Crippen LogP contribution in [0.5, 0.6) is 0 Å². The highest BCUT2D eigenvalue weighted by Gasteiger charge is 2.29. The van der Waals surface area contributed by atoms with E-state index in [0.717, 1.165) is 25.1 Å². The highest BCUT2D eigenvalue weighted by molar-refractivity contribution is 6.33. The molecule has 1 aromatic heterocycles. The Hall–Kier alpha value is -1.85. The van der Waals surface area contributed by atoms with Gasteiger partial charge in [0.2, 0.25) is 0 Å². The van der Waals surface area contributed by atoms with E-state index in [0.29, 0.717) is 22.5 Å². The summed E-state index contributed by atoms with van der Waals surface area (Å²) in [4.78, 5) is 16.5. The Bertz CT molecular complexity index is 684. The van der Waals surface area contributed by atoms with Crippen molar-refractivity contribution in [3.63, 3.8) is 0 Å². The van der Waals surface area contributed by atoms with Gasteiger partial charge >= 0.3 is 0 Å². The molecule has 0 bridgehead atoms. The SMILES string of the molecule is CN(C)C1CCN(C(=O)c2cc(-c3ccccc3Cl)on2)C1. The van der Waals surface area contributed by atoms with E-state index in [9.17, 15) is 4.79 Å². The quantitative estimate of drug-likeness (QED) is 0.873. The molecular formula is C16H18ClN3O2. The molecule has 1 saturated heterocycles. The van der Waals surface area contributed by atoms with Crippen LogP contribution in [0.15, 0.2) is 34.9 Å². The first-order valence-electron chi connectivity index (χ1n) is 7.23. The summed E-state index contributed by atoms with van der Waals surface area (Å²) in [7, 11) is 4.06. The van der Waals surface area contributed by atoms with Gasteiger partial charge in [0.1, 0.15) is 0 Å². The minimum absolute atomic E-state index is 0.0913. The molecule has 1 unspecified atom stereocenters. The molecule has 2 aromatic rings.